The van der Waals surface area contributed by atoms with Crippen LogP contribution < -0.4 is 4.90 Å². The maximum Gasteiger partial charge on any atom is 0.262 e. The molecule has 1 amide bonds. The molecule has 0 saturated carbocycles. The van der Waals surface area contributed by atoms with E-state index in [1.807, 2.05) is 29.2 Å². The zero-order chi connectivity index (χ0) is 23.9. The normalized spacial score (nSPS) is 19.0. The van der Waals surface area contributed by atoms with E-state index in [-0.39, 0.29) is 16.9 Å². The lowest BCUT2D eigenvalue weighted by Crippen LogP contribution is -2.45. The standard InChI is InChI=1S/C23H31N7O3S/c1-17-24-21(16-27(17)2)34(32,33)30-12-8-18(9-13-30)22(31)28-10-5-11-29(15-14-28)23-25-19-6-3-4-7-20(19)26-23/h3-4,6-7,16,18H,5,8-15H2,1-2H3,(H,25,26). The van der Waals surface area contributed by atoms with Gasteiger partial charge in [0.15, 0.2) is 5.03 Å². The van der Waals surface area contributed by atoms with Crippen molar-refractivity contribution in [2.75, 3.05) is 44.2 Å². The summed E-state index contributed by atoms with van der Waals surface area (Å²) in [5, 5.41) is 0.0791. The van der Waals surface area contributed by atoms with Crippen LogP contribution in [0.3, 0.4) is 0 Å². The number of amides is 1. The van der Waals surface area contributed by atoms with Crippen molar-refractivity contribution in [1.82, 2.24) is 28.7 Å². The first-order chi connectivity index (χ1) is 16.3. The van der Waals surface area contributed by atoms with Gasteiger partial charge in [0.25, 0.3) is 10.0 Å². The van der Waals surface area contributed by atoms with E-state index < -0.39 is 10.0 Å². The summed E-state index contributed by atoms with van der Waals surface area (Å²) < 4.78 is 29.1. The molecular weight excluding hydrogens is 454 g/mol. The number of aryl methyl sites for hydroxylation is 2. The van der Waals surface area contributed by atoms with E-state index in [0.29, 0.717) is 44.8 Å². The minimum Gasteiger partial charge on any atom is -0.341 e. The van der Waals surface area contributed by atoms with E-state index in [0.717, 1.165) is 36.5 Å². The van der Waals surface area contributed by atoms with Gasteiger partial charge in [-0.2, -0.15) is 4.31 Å². The summed E-state index contributed by atoms with van der Waals surface area (Å²) in [6.45, 7) is 5.37. The summed E-state index contributed by atoms with van der Waals surface area (Å²) in [5.41, 5.74) is 1.95. The molecule has 0 aliphatic carbocycles. The smallest absolute Gasteiger partial charge is 0.262 e. The van der Waals surface area contributed by atoms with Crippen molar-refractivity contribution < 1.29 is 13.2 Å². The number of fused-ring (bicyclic) bond motifs is 1. The van der Waals surface area contributed by atoms with Crippen molar-refractivity contribution >= 4 is 32.9 Å². The van der Waals surface area contributed by atoms with Crippen molar-refractivity contribution in [3.8, 4) is 0 Å². The number of H-pyrrole nitrogens is 1. The van der Waals surface area contributed by atoms with Crippen molar-refractivity contribution in [2.45, 2.75) is 31.2 Å². The van der Waals surface area contributed by atoms with E-state index in [9.17, 15) is 13.2 Å². The van der Waals surface area contributed by atoms with Crippen LogP contribution in [0.5, 0.6) is 0 Å². The number of rotatable bonds is 4. The summed E-state index contributed by atoms with van der Waals surface area (Å²) in [6.07, 6.45) is 3.49. The highest BCUT2D eigenvalue weighted by Gasteiger charge is 2.35. The lowest BCUT2D eigenvalue weighted by molar-refractivity contribution is -0.136. The van der Waals surface area contributed by atoms with Gasteiger partial charge in [0.2, 0.25) is 11.9 Å². The predicted octanol–water partition coefficient (Wildman–Crippen LogP) is 1.74. The predicted molar refractivity (Wildman–Crippen MR) is 129 cm³/mol. The lowest BCUT2D eigenvalue weighted by Gasteiger charge is -2.33. The van der Waals surface area contributed by atoms with E-state index >= 15 is 0 Å². The zero-order valence-electron chi connectivity index (χ0n) is 19.6. The molecule has 5 rings (SSSR count). The fourth-order valence-electron chi connectivity index (χ4n) is 4.82. The summed E-state index contributed by atoms with van der Waals surface area (Å²) in [6, 6.07) is 7.97. The number of hydrogen-bond donors (Lipinski definition) is 1. The Morgan fingerprint density at radius 2 is 1.79 bits per heavy atom. The average Bonchev–Trinajstić information content (AvgIpc) is 3.33. The van der Waals surface area contributed by atoms with Crippen molar-refractivity contribution in [1.29, 1.82) is 0 Å². The number of anilines is 1. The number of hydrogen-bond acceptors (Lipinski definition) is 6. The second-order valence-corrected chi connectivity index (χ2v) is 11.0. The monoisotopic (exact) mass is 485 g/mol. The van der Waals surface area contributed by atoms with Crippen LogP contribution in [0.15, 0.2) is 35.5 Å². The summed E-state index contributed by atoms with van der Waals surface area (Å²) >= 11 is 0. The van der Waals surface area contributed by atoms with Gasteiger partial charge in [-0.25, -0.2) is 18.4 Å². The third kappa shape index (κ3) is 4.29. The van der Waals surface area contributed by atoms with Gasteiger partial charge in [-0.1, -0.05) is 12.1 Å². The molecule has 1 aromatic carbocycles. The number of para-hydroxylation sites is 2. The van der Waals surface area contributed by atoms with Crippen LogP contribution in [0.25, 0.3) is 11.0 Å². The largest absolute Gasteiger partial charge is 0.341 e. The topological polar surface area (TPSA) is 107 Å². The van der Waals surface area contributed by atoms with Gasteiger partial charge in [-0.3, -0.25) is 4.79 Å². The molecule has 182 valence electrons. The quantitative estimate of drug-likeness (QED) is 0.603. The van der Waals surface area contributed by atoms with Crippen molar-refractivity contribution in [2.24, 2.45) is 13.0 Å². The first kappa shape index (κ1) is 22.9. The van der Waals surface area contributed by atoms with E-state index in [4.69, 9.17) is 4.98 Å². The molecule has 4 heterocycles. The number of sulfonamides is 1. The molecule has 3 aromatic rings. The first-order valence-electron chi connectivity index (χ1n) is 11.8. The maximum absolute atomic E-state index is 13.3. The highest BCUT2D eigenvalue weighted by molar-refractivity contribution is 7.89. The molecule has 0 atom stereocenters. The number of nitrogens with one attached hydrogen (secondary N) is 1. The third-order valence-corrected chi connectivity index (χ3v) is 8.75. The third-order valence-electron chi connectivity index (χ3n) is 6.98. The van der Waals surface area contributed by atoms with Gasteiger partial charge in [0.1, 0.15) is 5.82 Å². The molecule has 10 nitrogen and oxygen atoms in total. The fourth-order valence-corrected chi connectivity index (χ4v) is 6.32. The van der Waals surface area contributed by atoms with Crippen LogP contribution in [0, 0.1) is 12.8 Å². The van der Waals surface area contributed by atoms with Crippen LogP contribution in [-0.4, -0.2) is 82.3 Å². The molecule has 1 N–H and O–H groups in total. The zero-order valence-corrected chi connectivity index (χ0v) is 20.5. The number of piperidine rings is 1. The van der Waals surface area contributed by atoms with Crippen molar-refractivity contribution in [3.05, 3.63) is 36.3 Å². The Bertz CT molecular complexity index is 1240. The Kier molecular flexibility index (Phi) is 6.07. The average molecular weight is 486 g/mol. The molecule has 34 heavy (non-hydrogen) atoms. The number of carbonyl (C=O) groups is 1. The number of aromatic nitrogens is 4. The van der Waals surface area contributed by atoms with E-state index in [1.165, 1.54) is 4.31 Å². The lowest BCUT2D eigenvalue weighted by atomic mass is 9.96. The molecule has 2 saturated heterocycles. The van der Waals surface area contributed by atoms with Gasteiger partial charge < -0.3 is 19.4 Å². The minimum atomic E-state index is -3.63. The number of imidazole rings is 2. The van der Waals surface area contributed by atoms with E-state index in [2.05, 4.69) is 14.9 Å². The molecule has 2 aromatic heterocycles. The summed E-state index contributed by atoms with van der Waals surface area (Å²) in [5.74, 6) is 1.49. The van der Waals surface area contributed by atoms with Crippen LogP contribution in [-0.2, 0) is 21.9 Å². The SMILES string of the molecule is Cc1nc(S(=O)(=O)N2CCC(C(=O)N3CCCN(c4nc5ccccc5[nH]4)CC3)CC2)cn1C. The minimum absolute atomic E-state index is 0.0791. The highest BCUT2D eigenvalue weighted by atomic mass is 32.2. The second-order valence-electron chi connectivity index (χ2n) is 9.16. The fraction of sp³-hybridized carbons (Fsp3) is 0.522. The van der Waals surface area contributed by atoms with Crippen LogP contribution in [0.1, 0.15) is 25.1 Å². The number of benzene rings is 1. The van der Waals surface area contributed by atoms with Gasteiger partial charge in [0.05, 0.1) is 11.0 Å². The molecule has 0 bridgehead atoms. The molecule has 2 aliphatic rings. The van der Waals surface area contributed by atoms with Gasteiger partial charge in [-0.15, -0.1) is 0 Å². The Hall–Kier alpha value is -2.92. The van der Waals surface area contributed by atoms with Crippen LogP contribution in [0.2, 0.25) is 0 Å². The number of aromatic amines is 1. The number of carbonyl (C=O) groups excluding carboxylic acids is 1. The second kappa shape index (κ2) is 9.03. The van der Waals surface area contributed by atoms with Gasteiger partial charge in [-0.05, 0) is 38.3 Å². The highest BCUT2D eigenvalue weighted by Crippen LogP contribution is 2.26. The molecule has 11 heteroatoms. The molecule has 0 spiro atoms. The van der Waals surface area contributed by atoms with Crippen molar-refractivity contribution in [3.63, 3.8) is 0 Å². The molecular formula is C23H31N7O3S. The molecule has 0 radical (unpaired) electrons. The van der Waals surface area contributed by atoms with Gasteiger partial charge >= 0.3 is 0 Å². The Morgan fingerprint density at radius 1 is 1.03 bits per heavy atom. The van der Waals surface area contributed by atoms with Gasteiger partial charge in [0, 0.05) is 58.4 Å². The van der Waals surface area contributed by atoms with E-state index in [1.54, 1.807) is 24.7 Å². The van der Waals surface area contributed by atoms with Crippen LogP contribution in [0.4, 0.5) is 5.95 Å². The Morgan fingerprint density at radius 3 is 2.50 bits per heavy atom. The summed E-state index contributed by atoms with van der Waals surface area (Å²) in [4.78, 5) is 29.7. The molecule has 0 unspecified atom stereocenters. The molecule has 2 aliphatic heterocycles. The van der Waals surface area contributed by atoms with Crippen LogP contribution >= 0.6 is 0 Å². The number of nitrogens with zero attached hydrogens (tertiary/aromatic N) is 6. The molecule has 2 fully saturated rings. The maximum atomic E-state index is 13.3. The first-order valence-corrected chi connectivity index (χ1v) is 13.3. The summed E-state index contributed by atoms with van der Waals surface area (Å²) in [7, 11) is -1.85. The Labute approximate surface area is 199 Å². The Balaban J connectivity index is 1.18.